The van der Waals surface area contributed by atoms with Crippen LogP contribution in [0.25, 0.3) is 23.1 Å². The fourth-order valence-electron chi connectivity index (χ4n) is 3.97. The summed E-state index contributed by atoms with van der Waals surface area (Å²) in [6.07, 6.45) is 4.48. The number of benzene rings is 3. The van der Waals surface area contributed by atoms with Crippen LogP contribution >= 0.6 is 28.5 Å². The number of rotatable bonds is 7. The molecule has 0 aliphatic rings. The summed E-state index contributed by atoms with van der Waals surface area (Å²) in [5.74, 6) is 1.32. The Morgan fingerprint density at radius 1 is 0.933 bits per heavy atom. The second kappa shape index (κ2) is 9.80. The van der Waals surface area contributed by atoms with Crippen molar-refractivity contribution < 1.29 is 4.52 Å². The van der Waals surface area contributed by atoms with E-state index in [-0.39, 0.29) is 0 Å². The van der Waals surface area contributed by atoms with E-state index >= 15 is 0 Å². The molecule has 1 unspecified atom stereocenters. The molecule has 0 amide bonds. The van der Waals surface area contributed by atoms with Crippen LogP contribution in [-0.2, 0) is 6.54 Å². The predicted molar refractivity (Wildman–Crippen MR) is 140 cm³/mol. The average molecular weight is 525 g/mol. The maximum absolute atomic E-state index is 5.84. The summed E-state index contributed by atoms with van der Waals surface area (Å²) in [6, 6.07) is 27.7. The van der Waals surface area contributed by atoms with Crippen molar-refractivity contribution in [2.75, 3.05) is 0 Å². The SMILES string of the molecule is CC(C)c1c(/C=C/c2ccccc2)c2cc(OPI)ccc2n1Cc1ccccc1. The molecule has 4 rings (SSSR count). The number of nitrogens with zero attached hydrogens (tertiary/aromatic N) is 1. The van der Waals surface area contributed by atoms with Crippen molar-refractivity contribution in [3.05, 3.63) is 101 Å². The fraction of sp³-hybridized carbons (Fsp3) is 0.154. The molecular formula is C26H25INOP. The van der Waals surface area contributed by atoms with Crippen LogP contribution < -0.4 is 4.52 Å². The maximum atomic E-state index is 5.84. The van der Waals surface area contributed by atoms with E-state index in [2.05, 4.69) is 131 Å². The minimum atomic E-state index is 0.396. The van der Waals surface area contributed by atoms with Crippen LogP contribution in [0, 0.1) is 0 Å². The van der Waals surface area contributed by atoms with E-state index in [4.69, 9.17) is 4.52 Å². The third-order valence-electron chi connectivity index (χ3n) is 5.24. The zero-order valence-electron chi connectivity index (χ0n) is 17.2. The van der Waals surface area contributed by atoms with Gasteiger partial charge in [0.2, 0.25) is 0 Å². The molecule has 2 nitrogen and oxygen atoms in total. The molecule has 0 fully saturated rings. The Morgan fingerprint density at radius 2 is 1.63 bits per heavy atom. The number of hydrogen-bond acceptors (Lipinski definition) is 1. The Hall–Kier alpha value is -2.10. The lowest BCUT2D eigenvalue weighted by Gasteiger charge is -2.15. The molecule has 1 atom stereocenters. The highest BCUT2D eigenvalue weighted by Crippen LogP contribution is 2.37. The average Bonchev–Trinajstić information content (AvgIpc) is 3.07. The maximum Gasteiger partial charge on any atom is 0.137 e. The van der Waals surface area contributed by atoms with Crippen LogP contribution in [0.15, 0.2) is 78.9 Å². The lowest BCUT2D eigenvalue weighted by Crippen LogP contribution is -2.06. The molecule has 30 heavy (non-hydrogen) atoms. The van der Waals surface area contributed by atoms with Crippen LogP contribution in [0.5, 0.6) is 5.75 Å². The minimum Gasteiger partial charge on any atom is -0.467 e. The predicted octanol–water partition coefficient (Wildman–Crippen LogP) is 8.31. The molecule has 0 radical (unpaired) electrons. The van der Waals surface area contributed by atoms with Gasteiger partial charge in [0.1, 0.15) is 12.2 Å². The number of fused-ring (bicyclic) bond motifs is 1. The first-order valence-corrected chi connectivity index (χ1v) is 14.2. The summed E-state index contributed by atoms with van der Waals surface area (Å²) in [5, 5.41) is 1.24. The normalized spacial score (nSPS) is 12.0. The van der Waals surface area contributed by atoms with E-state index < -0.39 is 0 Å². The van der Waals surface area contributed by atoms with Gasteiger partial charge < -0.3 is 9.09 Å². The molecule has 1 heterocycles. The van der Waals surface area contributed by atoms with Crippen molar-refractivity contribution in [1.29, 1.82) is 0 Å². The molecule has 1 aromatic heterocycles. The lowest BCUT2D eigenvalue weighted by molar-refractivity contribution is 0.645. The summed E-state index contributed by atoms with van der Waals surface area (Å²) >= 11 is 2.27. The molecular weight excluding hydrogens is 500 g/mol. The molecule has 0 bridgehead atoms. The monoisotopic (exact) mass is 525 g/mol. The first kappa shape index (κ1) is 21.1. The number of aromatic nitrogens is 1. The van der Waals surface area contributed by atoms with Crippen LogP contribution in [0.1, 0.15) is 42.1 Å². The third kappa shape index (κ3) is 4.63. The van der Waals surface area contributed by atoms with E-state index in [0.717, 1.165) is 12.3 Å². The second-order valence-corrected chi connectivity index (χ2v) is 9.31. The number of halogens is 1. The van der Waals surface area contributed by atoms with Crippen LogP contribution in [0.2, 0.25) is 0 Å². The van der Waals surface area contributed by atoms with Gasteiger partial charge in [-0.1, -0.05) is 86.7 Å². The van der Waals surface area contributed by atoms with E-state index in [9.17, 15) is 0 Å². The Bertz CT molecular complexity index is 1150. The number of hydrogen-bond donors (Lipinski definition) is 0. The third-order valence-corrected chi connectivity index (χ3v) is 6.22. The first-order chi connectivity index (χ1) is 14.7. The highest BCUT2D eigenvalue weighted by atomic mass is 127. The lowest BCUT2D eigenvalue weighted by atomic mass is 10.0. The molecule has 0 spiro atoms. The molecule has 4 aromatic rings. The second-order valence-electron chi connectivity index (χ2n) is 7.63. The van der Waals surface area contributed by atoms with Gasteiger partial charge in [-0.15, -0.1) is 0 Å². The van der Waals surface area contributed by atoms with Gasteiger partial charge in [-0.3, -0.25) is 0 Å². The zero-order chi connectivity index (χ0) is 20.9. The van der Waals surface area contributed by atoms with Crippen molar-refractivity contribution in [2.24, 2.45) is 0 Å². The van der Waals surface area contributed by atoms with Gasteiger partial charge in [-0.2, -0.15) is 0 Å². The van der Waals surface area contributed by atoms with Gasteiger partial charge >= 0.3 is 0 Å². The van der Waals surface area contributed by atoms with E-state index in [1.165, 1.54) is 33.3 Å². The standard InChI is InChI=1S/C26H25INOP/c1-19(2)26-23(15-13-20-9-5-3-6-10-20)24-17-22(29-30-27)14-16-25(24)28(26)18-21-11-7-4-8-12-21/h3-17,19,30H,18H2,1-2H3/b15-13+. The highest BCUT2D eigenvalue weighted by Gasteiger charge is 2.19. The zero-order valence-corrected chi connectivity index (χ0v) is 20.3. The molecule has 0 saturated heterocycles. The summed E-state index contributed by atoms with van der Waals surface area (Å²) < 4.78 is 8.31. The Labute approximate surface area is 193 Å². The van der Waals surface area contributed by atoms with Gasteiger partial charge in [0.25, 0.3) is 0 Å². The van der Waals surface area contributed by atoms with Crippen LogP contribution in [0.3, 0.4) is 0 Å². The summed E-state index contributed by atoms with van der Waals surface area (Å²) in [5.41, 5.74) is 6.40. The Morgan fingerprint density at radius 3 is 2.30 bits per heavy atom. The van der Waals surface area contributed by atoms with Gasteiger partial charge in [-0.05, 0) is 57.3 Å². The van der Waals surface area contributed by atoms with Crippen molar-refractivity contribution >= 4 is 51.5 Å². The van der Waals surface area contributed by atoms with Gasteiger partial charge in [-0.25, -0.2) is 0 Å². The minimum absolute atomic E-state index is 0.396. The van der Waals surface area contributed by atoms with Crippen molar-refractivity contribution in [1.82, 2.24) is 4.57 Å². The fourth-order valence-corrected chi connectivity index (χ4v) is 4.94. The van der Waals surface area contributed by atoms with E-state index in [0.29, 0.717) is 12.4 Å². The quantitative estimate of drug-likeness (QED) is 0.175. The molecule has 0 saturated carbocycles. The van der Waals surface area contributed by atoms with Gasteiger partial charge in [0.05, 0.1) is 0 Å². The first-order valence-electron chi connectivity index (χ1n) is 10.1. The van der Waals surface area contributed by atoms with Crippen LogP contribution in [-0.4, -0.2) is 4.57 Å². The Balaban J connectivity index is 1.91. The summed E-state index contributed by atoms with van der Waals surface area (Å²) in [7, 11) is 0. The molecule has 0 N–H and O–H groups in total. The summed E-state index contributed by atoms with van der Waals surface area (Å²) in [6.45, 7) is 5.82. The van der Waals surface area contributed by atoms with Gasteiger partial charge in [0.15, 0.2) is 0 Å². The van der Waals surface area contributed by atoms with Crippen molar-refractivity contribution in [3.8, 4) is 5.75 Å². The topological polar surface area (TPSA) is 14.2 Å². The van der Waals surface area contributed by atoms with E-state index in [1.54, 1.807) is 0 Å². The van der Waals surface area contributed by atoms with Crippen molar-refractivity contribution in [2.45, 2.75) is 26.3 Å². The molecule has 0 aliphatic heterocycles. The largest absolute Gasteiger partial charge is 0.467 e. The van der Waals surface area contributed by atoms with Crippen LogP contribution in [0.4, 0.5) is 0 Å². The molecule has 3 aromatic carbocycles. The summed E-state index contributed by atoms with van der Waals surface area (Å²) in [4.78, 5) is 0. The molecule has 152 valence electrons. The molecule has 0 aliphatic carbocycles. The Kier molecular flexibility index (Phi) is 6.91. The van der Waals surface area contributed by atoms with Gasteiger partial charge in [0, 0.05) is 28.7 Å². The van der Waals surface area contributed by atoms with Crippen molar-refractivity contribution in [3.63, 3.8) is 0 Å². The molecule has 4 heteroatoms. The smallest absolute Gasteiger partial charge is 0.137 e. The highest BCUT2D eigenvalue weighted by molar-refractivity contribution is 14.2. The van der Waals surface area contributed by atoms with E-state index in [1.807, 2.05) is 0 Å².